The smallest absolute Gasteiger partial charge is 0.230 e. The molecule has 33 heavy (non-hydrogen) atoms. The van der Waals surface area contributed by atoms with Gasteiger partial charge in [-0.1, -0.05) is 61.0 Å². The lowest BCUT2D eigenvalue weighted by atomic mass is 10.1. The number of rotatable bonds is 11. The van der Waals surface area contributed by atoms with Crippen LogP contribution < -0.4 is 10.1 Å². The molecule has 0 radical (unpaired) electrons. The maximum atomic E-state index is 12.1. The predicted octanol–water partition coefficient (Wildman–Crippen LogP) is 5.64. The Balaban J connectivity index is 1.09. The van der Waals surface area contributed by atoms with Crippen molar-refractivity contribution in [1.29, 1.82) is 0 Å². The molecule has 1 amide bonds. The molecular formula is C28H34N2O2S. The van der Waals surface area contributed by atoms with Crippen LogP contribution in [0.5, 0.6) is 5.75 Å². The van der Waals surface area contributed by atoms with Crippen molar-refractivity contribution in [2.24, 2.45) is 0 Å². The number of thioether (sulfide) groups is 1. The molecule has 1 aliphatic rings. The third kappa shape index (κ3) is 7.79. The number of nitrogens with one attached hydrogen (secondary N) is 1. The molecule has 0 saturated carbocycles. The quantitative estimate of drug-likeness (QED) is 0.374. The molecule has 0 aromatic heterocycles. The van der Waals surface area contributed by atoms with Gasteiger partial charge in [0.15, 0.2) is 0 Å². The van der Waals surface area contributed by atoms with Crippen LogP contribution in [0.4, 0.5) is 0 Å². The fourth-order valence-corrected chi connectivity index (χ4v) is 5.05. The largest absolute Gasteiger partial charge is 0.494 e. The molecule has 3 aromatic rings. The van der Waals surface area contributed by atoms with Crippen LogP contribution in [0.3, 0.4) is 0 Å². The maximum absolute atomic E-state index is 12.1. The Morgan fingerprint density at radius 2 is 1.76 bits per heavy atom. The SMILES string of the molecule is O=C(CSCc1ccc2ccccc2c1)NCCCOc1cccc(CN2CCCCC2)c1. The maximum Gasteiger partial charge on any atom is 0.230 e. The fraction of sp³-hybridized carbons (Fsp3) is 0.393. The highest BCUT2D eigenvalue weighted by atomic mass is 32.2. The normalized spacial score (nSPS) is 14.3. The first-order valence-corrected chi connectivity index (χ1v) is 13.2. The van der Waals surface area contributed by atoms with E-state index in [0.29, 0.717) is 18.9 Å². The topological polar surface area (TPSA) is 41.6 Å². The second-order valence-corrected chi connectivity index (χ2v) is 9.70. The van der Waals surface area contributed by atoms with Crippen LogP contribution in [-0.4, -0.2) is 42.8 Å². The molecule has 3 aromatic carbocycles. The molecule has 4 nitrogen and oxygen atoms in total. The lowest BCUT2D eigenvalue weighted by Crippen LogP contribution is -2.29. The van der Waals surface area contributed by atoms with Gasteiger partial charge in [-0.15, -0.1) is 11.8 Å². The van der Waals surface area contributed by atoms with Crippen molar-refractivity contribution < 1.29 is 9.53 Å². The number of piperidine rings is 1. The number of nitrogens with zero attached hydrogens (tertiary/aromatic N) is 1. The minimum atomic E-state index is 0.0873. The Labute approximate surface area is 201 Å². The van der Waals surface area contributed by atoms with Crippen LogP contribution in [0.25, 0.3) is 10.8 Å². The van der Waals surface area contributed by atoms with E-state index in [1.54, 1.807) is 11.8 Å². The average molecular weight is 463 g/mol. The molecule has 0 bridgehead atoms. The number of amides is 1. The van der Waals surface area contributed by atoms with E-state index in [2.05, 4.69) is 70.9 Å². The third-order valence-electron chi connectivity index (χ3n) is 5.98. The van der Waals surface area contributed by atoms with Crippen LogP contribution in [0.15, 0.2) is 66.7 Å². The summed E-state index contributed by atoms with van der Waals surface area (Å²) in [7, 11) is 0. The third-order valence-corrected chi connectivity index (χ3v) is 6.98. The highest BCUT2D eigenvalue weighted by molar-refractivity contribution is 7.99. The van der Waals surface area contributed by atoms with E-state index >= 15 is 0 Å². The Morgan fingerprint density at radius 3 is 2.64 bits per heavy atom. The Hall–Kier alpha value is -2.50. The minimum Gasteiger partial charge on any atom is -0.494 e. The van der Waals surface area contributed by atoms with Gasteiger partial charge in [0.25, 0.3) is 0 Å². The van der Waals surface area contributed by atoms with E-state index in [0.717, 1.165) is 24.5 Å². The van der Waals surface area contributed by atoms with Crippen molar-refractivity contribution in [3.05, 3.63) is 77.9 Å². The molecule has 1 aliphatic heterocycles. The van der Waals surface area contributed by atoms with E-state index in [4.69, 9.17) is 4.74 Å². The number of carbonyl (C=O) groups excluding carboxylic acids is 1. The Kier molecular flexibility index (Phi) is 9.08. The van der Waals surface area contributed by atoms with Crippen LogP contribution in [0.2, 0.25) is 0 Å². The molecule has 5 heteroatoms. The van der Waals surface area contributed by atoms with Gasteiger partial charge in [0.1, 0.15) is 5.75 Å². The number of benzene rings is 3. The van der Waals surface area contributed by atoms with Crippen LogP contribution in [0, 0.1) is 0 Å². The number of carbonyl (C=O) groups is 1. The number of fused-ring (bicyclic) bond motifs is 1. The van der Waals surface area contributed by atoms with Gasteiger partial charge < -0.3 is 10.1 Å². The molecule has 0 unspecified atom stereocenters. The highest BCUT2D eigenvalue weighted by Crippen LogP contribution is 2.20. The lowest BCUT2D eigenvalue weighted by Gasteiger charge is -2.26. The van der Waals surface area contributed by atoms with Crippen LogP contribution >= 0.6 is 11.8 Å². The summed E-state index contributed by atoms with van der Waals surface area (Å²) >= 11 is 1.65. The van der Waals surface area contributed by atoms with E-state index < -0.39 is 0 Å². The molecule has 1 fully saturated rings. The Bertz CT molecular complexity index is 1030. The average Bonchev–Trinajstić information content (AvgIpc) is 2.85. The van der Waals surface area contributed by atoms with E-state index in [1.165, 1.54) is 54.3 Å². The summed E-state index contributed by atoms with van der Waals surface area (Å²) in [4.78, 5) is 14.7. The van der Waals surface area contributed by atoms with Crippen molar-refractivity contribution in [2.75, 3.05) is 32.0 Å². The molecule has 0 spiro atoms. The summed E-state index contributed by atoms with van der Waals surface area (Å²) in [6, 6.07) is 23.3. The summed E-state index contributed by atoms with van der Waals surface area (Å²) < 4.78 is 5.92. The first-order valence-electron chi connectivity index (χ1n) is 12.0. The zero-order chi connectivity index (χ0) is 22.7. The zero-order valence-electron chi connectivity index (χ0n) is 19.3. The molecule has 4 rings (SSSR count). The van der Waals surface area contributed by atoms with Gasteiger partial charge in [0.2, 0.25) is 5.91 Å². The van der Waals surface area contributed by atoms with Crippen LogP contribution in [-0.2, 0) is 17.1 Å². The van der Waals surface area contributed by atoms with Crippen LogP contribution in [0.1, 0.15) is 36.8 Å². The number of hydrogen-bond acceptors (Lipinski definition) is 4. The lowest BCUT2D eigenvalue weighted by molar-refractivity contribution is -0.118. The molecule has 0 aliphatic carbocycles. The van der Waals surface area contributed by atoms with Crippen molar-refractivity contribution in [2.45, 2.75) is 38.0 Å². The van der Waals surface area contributed by atoms with Crippen molar-refractivity contribution in [1.82, 2.24) is 10.2 Å². The first-order chi connectivity index (χ1) is 16.3. The molecular weight excluding hydrogens is 428 g/mol. The van der Waals surface area contributed by atoms with Gasteiger partial charge in [-0.3, -0.25) is 9.69 Å². The monoisotopic (exact) mass is 462 g/mol. The number of hydrogen-bond donors (Lipinski definition) is 1. The van der Waals surface area contributed by atoms with Gasteiger partial charge in [-0.05, 0) is 66.4 Å². The summed E-state index contributed by atoms with van der Waals surface area (Å²) in [5.41, 5.74) is 2.56. The fourth-order valence-electron chi connectivity index (χ4n) is 4.24. The summed E-state index contributed by atoms with van der Waals surface area (Å²) in [6.45, 7) is 4.65. The van der Waals surface area contributed by atoms with Gasteiger partial charge >= 0.3 is 0 Å². The first kappa shape index (κ1) is 23.7. The number of likely N-dealkylation sites (tertiary alicyclic amines) is 1. The van der Waals surface area contributed by atoms with Gasteiger partial charge in [0, 0.05) is 18.8 Å². The second kappa shape index (κ2) is 12.7. The minimum absolute atomic E-state index is 0.0873. The van der Waals surface area contributed by atoms with Crippen molar-refractivity contribution >= 4 is 28.4 Å². The summed E-state index contributed by atoms with van der Waals surface area (Å²) in [5, 5.41) is 5.50. The molecule has 1 saturated heterocycles. The second-order valence-electron chi connectivity index (χ2n) is 8.71. The van der Waals surface area contributed by atoms with Gasteiger partial charge in [-0.25, -0.2) is 0 Å². The summed E-state index contributed by atoms with van der Waals surface area (Å²) in [5.74, 6) is 2.33. The number of ether oxygens (including phenoxy) is 1. The molecule has 174 valence electrons. The molecule has 0 atom stereocenters. The molecule has 1 heterocycles. The Morgan fingerprint density at radius 1 is 0.909 bits per heavy atom. The highest BCUT2D eigenvalue weighted by Gasteiger charge is 2.10. The predicted molar refractivity (Wildman–Crippen MR) is 139 cm³/mol. The zero-order valence-corrected chi connectivity index (χ0v) is 20.1. The van der Waals surface area contributed by atoms with Gasteiger partial charge in [0.05, 0.1) is 12.4 Å². The summed E-state index contributed by atoms with van der Waals surface area (Å²) in [6.07, 6.45) is 4.78. The van der Waals surface area contributed by atoms with E-state index in [9.17, 15) is 4.79 Å². The molecule has 1 N–H and O–H groups in total. The van der Waals surface area contributed by atoms with Gasteiger partial charge in [-0.2, -0.15) is 0 Å². The van der Waals surface area contributed by atoms with E-state index in [-0.39, 0.29) is 5.91 Å². The van der Waals surface area contributed by atoms with Crippen molar-refractivity contribution in [3.8, 4) is 5.75 Å². The standard InChI is InChI=1S/C28H34N2O2S/c31-28(22-33-21-24-12-13-25-9-2-3-10-26(25)18-24)29-14-7-17-32-27-11-6-8-23(19-27)20-30-15-4-1-5-16-30/h2-3,6,8-13,18-19H,1,4-5,7,14-17,20-22H2,(H,29,31). The van der Waals surface area contributed by atoms with E-state index in [1.807, 2.05) is 6.07 Å². The van der Waals surface area contributed by atoms with Crippen molar-refractivity contribution in [3.63, 3.8) is 0 Å².